The van der Waals surface area contributed by atoms with Gasteiger partial charge in [0.15, 0.2) is 5.82 Å². The largest absolute Gasteiger partial charge is 0.478 e. The Morgan fingerprint density at radius 3 is 2.77 bits per heavy atom. The van der Waals surface area contributed by atoms with Gasteiger partial charge in [-0.05, 0) is 59.3 Å². The third-order valence-electron chi connectivity index (χ3n) is 3.16. The Bertz CT molecular complexity index is 897. The molecule has 2 N–H and O–H groups in total. The number of aromatic nitrogens is 2. The molecule has 0 unspecified atom stereocenters. The van der Waals surface area contributed by atoms with E-state index in [1.165, 1.54) is 6.07 Å². The van der Waals surface area contributed by atoms with E-state index in [0.717, 1.165) is 20.9 Å². The molecule has 0 radical (unpaired) electrons. The van der Waals surface area contributed by atoms with E-state index in [2.05, 4.69) is 36.7 Å². The number of fused-ring (bicyclic) bond motifs is 1. The molecule has 22 heavy (non-hydrogen) atoms. The zero-order valence-corrected chi connectivity index (χ0v) is 14.2. The van der Waals surface area contributed by atoms with Crippen LogP contribution in [0.2, 0.25) is 0 Å². The smallest absolute Gasteiger partial charge is 0.340 e. The first-order valence-corrected chi connectivity index (χ1v) is 7.99. The fraction of sp³-hybridized carbons (Fsp3) is 0.0714. The first kappa shape index (κ1) is 15.1. The van der Waals surface area contributed by atoms with Gasteiger partial charge in [-0.3, -0.25) is 0 Å². The Labute approximate surface area is 142 Å². The van der Waals surface area contributed by atoms with Crippen LogP contribution in [-0.4, -0.2) is 19.8 Å². The molecular weight excluding hydrogens is 420 g/mol. The lowest BCUT2D eigenvalue weighted by Crippen LogP contribution is -2.07. The lowest BCUT2D eigenvalue weighted by atomic mass is 10.1. The van der Waals surface area contributed by atoms with Crippen molar-refractivity contribution in [1.29, 1.82) is 0 Å². The summed E-state index contributed by atoms with van der Waals surface area (Å²) in [4.78, 5) is 11.4. The minimum Gasteiger partial charge on any atom is -0.478 e. The fourth-order valence-corrected chi connectivity index (χ4v) is 3.28. The molecular formula is C14H9FIN3O2S. The lowest BCUT2D eigenvalue weighted by molar-refractivity contribution is 0.0693. The van der Waals surface area contributed by atoms with Crippen LogP contribution in [0.4, 0.5) is 15.8 Å². The van der Waals surface area contributed by atoms with Crippen molar-refractivity contribution in [1.82, 2.24) is 8.75 Å². The van der Waals surface area contributed by atoms with Crippen molar-refractivity contribution < 1.29 is 14.3 Å². The molecule has 0 amide bonds. The molecule has 3 rings (SSSR count). The van der Waals surface area contributed by atoms with Gasteiger partial charge < -0.3 is 10.4 Å². The number of benzene rings is 2. The van der Waals surface area contributed by atoms with Gasteiger partial charge in [-0.25, -0.2) is 9.18 Å². The van der Waals surface area contributed by atoms with Gasteiger partial charge in [-0.2, -0.15) is 8.75 Å². The number of halogens is 2. The Morgan fingerprint density at radius 1 is 1.32 bits per heavy atom. The minimum atomic E-state index is -1.35. The highest BCUT2D eigenvalue weighted by Crippen LogP contribution is 2.31. The zero-order chi connectivity index (χ0) is 15.9. The van der Waals surface area contributed by atoms with E-state index in [-0.39, 0.29) is 11.2 Å². The third-order valence-corrected chi connectivity index (χ3v) is 4.38. The average Bonchev–Trinajstić information content (AvgIpc) is 2.90. The van der Waals surface area contributed by atoms with Gasteiger partial charge >= 0.3 is 5.97 Å². The number of nitrogens with one attached hydrogen (secondary N) is 1. The van der Waals surface area contributed by atoms with E-state index in [4.69, 9.17) is 0 Å². The van der Waals surface area contributed by atoms with Crippen molar-refractivity contribution in [3.8, 4) is 0 Å². The van der Waals surface area contributed by atoms with E-state index < -0.39 is 17.3 Å². The number of carbonyl (C=O) groups is 1. The molecule has 0 atom stereocenters. The SMILES string of the molecule is Cc1cc(I)ccc1Nc1cc2nsnc2c(F)c1C(=O)O. The average molecular weight is 429 g/mol. The predicted octanol–water partition coefficient (Wildman–Crippen LogP) is 4.19. The van der Waals surface area contributed by atoms with E-state index in [9.17, 15) is 14.3 Å². The molecule has 0 aliphatic carbocycles. The van der Waals surface area contributed by atoms with Crippen LogP contribution in [0.25, 0.3) is 11.0 Å². The summed E-state index contributed by atoms with van der Waals surface area (Å²) in [6.07, 6.45) is 0. The number of anilines is 2. The molecule has 0 fully saturated rings. The van der Waals surface area contributed by atoms with Gasteiger partial charge in [0.1, 0.15) is 16.6 Å². The molecule has 0 bridgehead atoms. The summed E-state index contributed by atoms with van der Waals surface area (Å²) in [7, 11) is 0. The first-order chi connectivity index (χ1) is 10.5. The molecule has 112 valence electrons. The lowest BCUT2D eigenvalue weighted by Gasteiger charge is -2.13. The van der Waals surface area contributed by atoms with E-state index in [1.807, 2.05) is 25.1 Å². The molecule has 1 aromatic heterocycles. The summed E-state index contributed by atoms with van der Waals surface area (Å²) in [6, 6.07) is 7.16. The molecule has 0 spiro atoms. The predicted molar refractivity (Wildman–Crippen MR) is 91.5 cm³/mol. The maximum atomic E-state index is 14.4. The molecule has 0 saturated heterocycles. The number of carboxylic acid groups (broad SMARTS) is 1. The minimum absolute atomic E-state index is 0.0210. The number of hydrogen-bond acceptors (Lipinski definition) is 5. The van der Waals surface area contributed by atoms with Crippen molar-refractivity contribution in [2.24, 2.45) is 0 Å². The molecule has 0 saturated carbocycles. The van der Waals surface area contributed by atoms with Gasteiger partial charge in [-0.1, -0.05) is 0 Å². The Balaban J connectivity index is 2.16. The summed E-state index contributed by atoms with van der Waals surface area (Å²) in [6.45, 7) is 1.89. The number of aryl methyl sites for hydroxylation is 1. The maximum absolute atomic E-state index is 14.4. The number of rotatable bonds is 3. The highest BCUT2D eigenvalue weighted by molar-refractivity contribution is 14.1. The molecule has 3 aromatic rings. The molecule has 2 aromatic carbocycles. The molecule has 8 heteroatoms. The van der Waals surface area contributed by atoms with E-state index in [0.29, 0.717) is 11.2 Å². The number of hydrogen-bond donors (Lipinski definition) is 2. The second-order valence-corrected chi connectivity index (χ2v) is 6.41. The van der Waals surface area contributed by atoms with Crippen molar-refractivity contribution in [2.75, 3.05) is 5.32 Å². The standard InChI is InChI=1S/C14H9FIN3O2S/c1-6-4-7(16)2-3-8(6)17-9-5-10-13(19-22-18-10)12(15)11(9)14(20)21/h2-5,17H,1H3,(H,20,21). The zero-order valence-electron chi connectivity index (χ0n) is 11.2. The Hall–Kier alpha value is -1.81. The number of aromatic carboxylic acids is 1. The second kappa shape index (κ2) is 5.76. The van der Waals surface area contributed by atoms with Gasteiger partial charge in [-0.15, -0.1) is 0 Å². The molecule has 1 heterocycles. The normalized spacial score (nSPS) is 10.9. The van der Waals surface area contributed by atoms with Crippen LogP contribution in [0.3, 0.4) is 0 Å². The van der Waals surface area contributed by atoms with Crippen LogP contribution in [-0.2, 0) is 0 Å². The summed E-state index contributed by atoms with van der Waals surface area (Å²) < 4.78 is 23.2. The number of nitrogens with zero attached hydrogens (tertiary/aromatic N) is 2. The van der Waals surface area contributed by atoms with Crippen molar-refractivity contribution in [3.63, 3.8) is 0 Å². The van der Waals surface area contributed by atoms with Crippen molar-refractivity contribution in [2.45, 2.75) is 6.92 Å². The Morgan fingerprint density at radius 2 is 2.09 bits per heavy atom. The van der Waals surface area contributed by atoms with Crippen LogP contribution in [0.15, 0.2) is 24.3 Å². The summed E-state index contributed by atoms with van der Waals surface area (Å²) in [5, 5.41) is 12.3. The Kier molecular flexibility index (Phi) is 3.96. The highest BCUT2D eigenvalue weighted by atomic mass is 127. The van der Waals surface area contributed by atoms with E-state index >= 15 is 0 Å². The van der Waals surface area contributed by atoms with Crippen LogP contribution >= 0.6 is 34.3 Å². The van der Waals surface area contributed by atoms with E-state index in [1.54, 1.807) is 0 Å². The van der Waals surface area contributed by atoms with Crippen LogP contribution < -0.4 is 5.32 Å². The number of carboxylic acids is 1. The van der Waals surface area contributed by atoms with Crippen LogP contribution in [0.5, 0.6) is 0 Å². The third kappa shape index (κ3) is 2.63. The molecule has 0 aliphatic rings. The van der Waals surface area contributed by atoms with Crippen molar-refractivity contribution >= 4 is 62.7 Å². The fourth-order valence-electron chi connectivity index (χ4n) is 2.11. The monoisotopic (exact) mass is 429 g/mol. The quantitative estimate of drug-likeness (QED) is 0.611. The summed E-state index contributed by atoms with van der Waals surface area (Å²) in [5.74, 6) is -2.22. The summed E-state index contributed by atoms with van der Waals surface area (Å²) in [5.41, 5.74) is 1.68. The first-order valence-electron chi connectivity index (χ1n) is 6.18. The van der Waals surface area contributed by atoms with Gasteiger partial charge in [0.05, 0.1) is 17.4 Å². The molecule has 5 nitrogen and oxygen atoms in total. The van der Waals surface area contributed by atoms with Gasteiger partial charge in [0.25, 0.3) is 0 Å². The van der Waals surface area contributed by atoms with Crippen molar-refractivity contribution in [3.05, 3.63) is 44.8 Å². The molecule has 0 aliphatic heterocycles. The second-order valence-electron chi connectivity index (χ2n) is 4.63. The maximum Gasteiger partial charge on any atom is 0.340 e. The topological polar surface area (TPSA) is 75.1 Å². The van der Waals surface area contributed by atoms with Crippen LogP contribution in [0, 0.1) is 16.3 Å². The highest BCUT2D eigenvalue weighted by Gasteiger charge is 2.22. The van der Waals surface area contributed by atoms with Gasteiger partial charge in [0, 0.05) is 9.26 Å². The summed E-state index contributed by atoms with van der Waals surface area (Å²) >= 11 is 3.03. The van der Waals surface area contributed by atoms with Crippen LogP contribution in [0.1, 0.15) is 15.9 Å². The van der Waals surface area contributed by atoms with Gasteiger partial charge in [0.2, 0.25) is 0 Å².